The number of hydroxylamine groups is 2. The molecular formula is C17H19NO4. The number of hydrogen-bond donors (Lipinski definition) is 0. The van der Waals surface area contributed by atoms with Crippen molar-refractivity contribution in [3.05, 3.63) is 35.4 Å². The van der Waals surface area contributed by atoms with Gasteiger partial charge in [0.15, 0.2) is 0 Å². The van der Waals surface area contributed by atoms with Crippen LogP contribution >= 0.6 is 0 Å². The molecule has 1 aromatic rings. The van der Waals surface area contributed by atoms with Gasteiger partial charge < -0.3 is 4.84 Å². The van der Waals surface area contributed by atoms with Gasteiger partial charge in [-0.05, 0) is 50.7 Å². The Bertz CT molecular complexity index is 609. The molecular weight excluding hydrogens is 282 g/mol. The Balaban J connectivity index is 1.76. The number of nitrogens with zero attached hydrogens (tertiary/aromatic N) is 1. The van der Waals surface area contributed by atoms with Crippen LogP contribution in [0.1, 0.15) is 60.2 Å². The zero-order valence-electron chi connectivity index (χ0n) is 12.8. The van der Waals surface area contributed by atoms with Crippen LogP contribution in [0.4, 0.5) is 0 Å². The molecule has 3 rings (SSSR count). The lowest BCUT2D eigenvalue weighted by Crippen LogP contribution is -2.40. The Morgan fingerprint density at radius 2 is 1.64 bits per heavy atom. The van der Waals surface area contributed by atoms with E-state index < -0.39 is 23.2 Å². The third-order valence-corrected chi connectivity index (χ3v) is 4.80. The largest absolute Gasteiger partial charge is 0.339 e. The molecule has 22 heavy (non-hydrogen) atoms. The van der Waals surface area contributed by atoms with E-state index in [9.17, 15) is 14.4 Å². The molecule has 1 heterocycles. The van der Waals surface area contributed by atoms with Gasteiger partial charge in [0.2, 0.25) is 0 Å². The number of rotatable bonds is 2. The fourth-order valence-corrected chi connectivity index (χ4v) is 3.05. The fourth-order valence-electron chi connectivity index (χ4n) is 3.05. The molecule has 1 saturated carbocycles. The Labute approximate surface area is 129 Å². The van der Waals surface area contributed by atoms with Gasteiger partial charge in [-0.25, -0.2) is 4.79 Å². The van der Waals surface area contributed by atoms with E-state index in [1.807, 2.05) is 6.92 Å². The highest BCUT2D eigenvalue weighted by atomic mass is 16.7. The molecule has 2 amide bonds. The molecule has 0 aromatic heterocycles. The number of fused-ring (bicyclic) bond motifs is 1. The summed E-state index contributed by atoms with van der Waals surface area (Å²) in [7, 11) is 0. The molecule has 5 heteroatoms. The van der Waals surface area contributed by atoms with E-state index in [4.69, 9.17) is 4.84 Å². The van der Waals surface area contributed by atoms with Gasteiger partial charge >= 0.3 is 5.97 Å². The topological polar surface area (TPSA) is 63.7 Å². The van der Waals surface area contributed by atoms with Gasteiger partial charge in [-0.3, -0.25) is 9.59 Å². The molecule has 2 aliphatic rings. The molecule has 1 aliphatic heterocycles. The molecule has 0 N–H and O–H groups in total. The highest BCUT2D eigenvalue weighted by Crippen LogP contribution is 2.40. The Morgan fingerprint density at radius 1 is 1.14 bits per heavy atom. The van der Waals surface area contributed by atoms with Crippen molar-refractivity contribution in [1.82, 2.24) is 5.06 Å². The van der Waals surface area contributed by atoms with Crippen molar-refractivity contribution in [2.75, 3.05) is 0 Å². The summed E-state index contributed by atoms with van der Waals surface area (Å²) >= 11 is 0. The van der Waals surface area contributed by atoms with Crippen LogP contribution in [0.5, 0.6) is 0 Å². The summed E-state index contributed by atoms with van der Waals surface area (Å²) in [6.07, 6.45) is 3.34. The van der Waals surface area contributed by atoms with Gasteiger partial charge in [-0.2, -0.15) is 0 Å². The summed E-state index contributed by atoms with van der Waals surface area (Å²) in [5.74, 6) is -1.03. The van der Waals surface area contributed by atoms with Crippen molar-refractivity contribution in [1.29, 1.82) is 0 Å². The van der Waals surface area contributed by atoms with Crippen LogP contribution < -0.4 is 0 Å². The standard InChI is InChI=1S/C17H19NO4/c1-11-7-9-17(2,10-8-11)16(21)22-18-14(19)12-5-3-4-6-13(12)15(18)20/h3-6,11H,7-10H2,1-2H3. The van der Waals surface area contributed by atoms with Crippen molar-refractivity contribution in [3.8, 4) is 0 Å². The molecule has 1 aromatic carbocycles. The molecule has 5 nitrogen and oxygen atoms in total. The van der Waals surface area contributed by atoms with Gasteiger partial charge in [0.1, 0.15) is 0 Å². The predicted molar refractivity (Wildman–Crippen MR) is 78.8 cm³/mol. The summed E-state index contributed by atoms with van der Waals surface area (Å²) in [5, 5.41) is 0.607. The van der Waals surface area contributed by atoms with Crippen molar-refractivity contribution >= 4 is 17.8 Å². The second kappa shape index (κ2) is 5.23. The van der Waals surface area contributed by atoms with E-state index >= 15 is 0 Å². The minimum atomic E-state index is -0.623. The molecule has 1 fully saturated rings. The molecule has 1 aliphatic carbocycles. The summed E-state index contributed by atoms with van der Waals surface area (Å²) in [6, 6.07) is 6.49. The van der Waals surface area contributed by atoms with Gasteiger partial charge in [0.25, 0.3) is 11.8 Å². The summed E-state index contributed by atoms with van der Waals surface area (Å²) in [5.41, 5.74) is -0.0626. The van der Waals surface area contributed by atoms with E-state index in [-0.39, 0.29) is 11.1 Å². The number of amides is 2. The molecule has 0 atom stereocenters. The first-order valence-corrected chi connectivity index (χ1v) is 7.62. The lowest BCUT2D eigenvalue weighted by molar-refractivity contribution is -0.182. The molecule has 0 bridgehead atoms. The van der Waals surface area contributed by atoms with Crippen LogP contribution in [0.3, 0.4) is 0 Å². The van der Waals surface area contributed by atoms with E-state index in [1.165, 1.54) is 0 Å². The highest BCUT2D eigenvalue weighted by molar-refractivity contribution is 6.20. The minimum absolute atomic E-state index is 0.280. The Hall–Kier alpha value is -2.17. The Kier molecular flexibility index (Phi) is 3.51. The van der Waals surface area contributed by atoms with Crippen LogP contribution in [0.2, 0.25) is 0 Å². The van der Waals surface area contributed by atoms with Gasteiger partial charge in [0.05, 0.1) is 16.5 Å². The molecule has 0 saturated heterocycles. The molecule has 0 spiro atoms. The average Bonchev–Trinajstić information content (AvgIpc) is 2.76. The maximum Gasteiger partial charge on any atom is 0.339 e. The van der Waals surface area contributed by atoms with Gasteiger partial charge in [0, 0.05) is 0 Å². The first kappa shape index (κ1) is 14.8. The fraction of sp³-hybridized carbons (Fsp3) is 0.471. The summed E-state index contributed by atoms with van der Waals surface area (Å²) in [4.78, 5) is 42.1. The number of imide groups is 1. The summed E-state index contributed by atoms with van der Waals surface area (Å²) < 4.78 is 0. The third-order valence-electron chi connectivity index (χ3n) is 4.80. The average molecular weight is 301 g/mol. The van der Waals surface area contributed by atoms with Crippen molar-refractivity contribution in [2.45, 2.75) is 39.5 Å². The molecule has 116 valence electrons. The van der Waals surface area contributed by atoms with Crippen molar-refractivity contribution in [2.24, 2.45) is 11.3 Å². The van der Waals surface area contributed by atoms with Gasteiger partial charge in [-0.1, -0.05) is 24.1 Å². The summed E-state index contributed by atoms with van der Waals surface area (Å²) in [6.45, 7) is 4.01. The maximum atomic E-state index is 12.5. The maximum absolute atomic E-state index is 12.5. The molecule has 0 radical (unpaired) electrons. The van der Waals surface area contributed by atoms with E-state index in [0.29, 0.717) is 11.0 Å². The quantitative estimate of drug-likeness (QED) is 0.788. The first-order valence-electron chi connectivity index (χ1n) is 7.62. The first-order chi connectivity index (χ1) is 10.4. The van der Waals surface area contributed by atoms with Crippen LogP contribution in [-0.4, -0.2) is 22.8 Å². The Morgan fingerprint density at radius 3 is 2.14 bits per heavy atom. The monoisotopic (exact) mass is 301 g/mol. The normalized spacial score (nSPS) is 27.7. The van der Waals surface area contributed by atoms with E-state index in [2.05, 4.69) is 6.92 Å². The number of hydrogen-bond acceptors (Lipinski definition) is 4. The highest BCUT2D eigenvalue weighted by Gasteiger charge is 2.44. The third kappa shape index (κ3) is 2.30. The molecule has 0 unspecified atom stereocenters. The van der Waals surface area contributed by atoms with E-state index in [0.717, 1.165) is 25.7 Å². The van der Waals surface area contributed by atoms with Crippen LogP contribution in [-0.2, 0) is 9.63 Å². The number of carbonyl (C=O) groups is 3. The SMILES string of the molecule is CC1CCC(C)(C(=O)ON2C(=O)c3ccccc3C2=O)CC1. The second-order valence-electron chi connectivity index (χ2n) is 6.57. The minimum Gasteiger partial charge on any atom is -0.329 e. The second-order valence-corrected chi connectivity index (χ2v) is 6.57. The van der Waals surface area contributed by atoms with Gasteiger partial charge in [-0.15, -0.1) is 0 Å². The number of carbonyl (C=O) groups excluding carboxylic acids is 3. The van der Waals surface area contributed by atoms with Crippen molar-refractivity contribution < 1.29 is 19.2 Å². The van der Waals surface area contributed by atoms with Crippen LogP contribution in [0.15, 0.2) is 24.3 Å². The number of benzene rings is 1. The zero-order chi connectivity index (χ0) is 15.9. The van der Waals surface area contributed by atoms with E-state index in [1.54, 1.807) is 24.3 Å². The van der Waals surface area contributed by atoms with Crippen LogP contribution in [0.25, 0.3) is 0 Å². The lowest BCUT2D eigenvalue weighted by Gasteiger charge is -2.34. The van der Waals surface area contributed by atoms with Crippen molar-refractivity contribution in [3.63, 3.8) is 0 Å². The zero-order valence-corrected chi connectivity index (χ0v) is 12.8. The van der Waals surface area contributed by atoms with Crippen LogP contribution in [0, 0.1) is 11.3 Å². The smallest absolute Gasteiger partial charge is 0.329 e. The lowest BCUT2D eigenvalue weighted by atomic mass is 9.72. The predicted octanol–water partition coefficient (Wildman–Crippen LogP) is 2.96.